The predicted octanol–water partition coefficient (Wildman–Crippen LogP) is 19.0. The number of hydrogen-bond donors (Lipinski definition) is 3. The highest BCUT2D eigenvalue weighted by atomic mass is 16.5. The topological polar surface area (TPSA) is 95.9 Å². The van der Waals surface area contributed by atoms with Gasteiger partial charge in [0.2, 0.25) is 5.91 Å². The Morgan fingerprint density at radius 1 is 0.406 bits per heavy atom. The first-order valence-corrected chi connectivity index (χ1v) is 30.4. The third kappa shape index (κ3) is 55.0. The van der Waals surface area contributed by atoms with Crippen molar-refractivity contribution in [2.75, 3.05) is 13.2 Å². The maximum Gasteiger partial charge on any atom is 0.305 e. The summed E-state index contributed by atoms with van der Waals surface area (Å²) in [6, 6.07) is -0.630. The number of carbonyl (C=O) groups is 2. The van der Waals surface area contributed by atoms with E-state index in [4.69, 9.17) is 4.74 Å². The van der Waals surface area contributed by atoms with Crippen LogP contribution >= 0.6 is 0 Å². The van der Waals surface area contributed by atoms with E-state index in [-0.39, 0.29) is 18.5 Å². The third-order valence-corrected chi connectivity index (χ3v) is 13.8. The van der Waals surface area contributed by atoms with Crippen molar-refractivity contribution < 1.29 is 24.5 Å². The fraction of sp³-hybridized carbons (Fsp3) is 0.841. The summed E-state index contributed by atoms with van der Waals surface area (Å²) in [6.07, 6.45) is 74.4. The fourth-order valence-corrected chi connectivity index (χ4v) is 9.13. The van der Waals surface area contributed by atoms with Crippen molar-refractivity contribution in [3.8, 4) is 0 Å². The van der Waals surface area contributed by atoms with Crippen LogP contribution in [0, 0.1) is 0 Å². The number of allylic oxidation sites excluding steroid dienone is 7. The Balaban J connectivity index is 3.44. The van der Waals surface area contributed by atoms with Crippen molar-refractivity contribution in [3.05, 3.63) is 48.6 Å². The molecule has 0 aliphatic carbocycles. The number of amides is 1. The molecule has 6 nitrogen and oxygen atoms in total. The minimum absolute atomic E-state index is 0.000380. The standard InChI is InChI=1S/C63H117NO5/c1-3-5-7-9-11-13-15-32-35-39-43-47-51-55-61(66)60(59-65)64-62(67)56-52-48-44-40-36-33-30-28-26-24-22-20-18-17-19-21-23-25-27-29-31-34-38-42-46-50-54-58-69-63(68)57-53-49-45-41-37-16-14-12-10-8-6-4-2/h12,14,17-18,21,23,51,55,60-61,65-66H,3-11,13,15-16,19-20,22,24-50,52-54,56-59H2,1-2H3,(H,64,67)/b14-12-,18-17-,23-21-,55-51+. The molecule has 6 heteroatoms. The Bertz CT molecular complexity index is 1160. The molecule has 0 saturated heterocycles. The highest BCUT2D eigenvalue weighted by Crippen LogP contribution is 2.16. The summed E-state index contributed by atoms with van der Waals surface area (Å²) < 4.78 is 5.46. The minimum Gasteiger partial charge on any atom is -0.466 e. The van der Waals surface area contributed by atoms with E-state index in [1.54, 1.807) is 6.08 Å². The average molecular weight is 969 g/mol. The molecule has 0 radical (unpaired) electrons. The maximum atomic E-state index is 12.4. The third-order valence-electron chi connectivity index (χ3n) is 13.8. The van der Waals surface area contributed by atoms with Crippen molar-refractivity contribution in [1.29, 1.82) is 0 Å². The molecule has 0 rings (SSSR count). The van der Waals surface area contributed by atoms with Crippen LogP contribution in [0.1, 0.15) is 316 Å². The van der Waals surface area contributed by atoms with Crippen LogP contribution in [0.2, 0.25) is 0 Å². The molecule has 0 aliphatic rings. The van der Waals surface area contributed by atoms with E-state index in [9.17, 15) is 19.8 Å². The van der Waals surface area contributed by atoms with Crippen LogP contribution in [0.3, 0.4) is 0 Å². The molecule has 0 fully saturated rings. The fourth-order valence-electron chi connectivity index (χ4n) is 9.13. The second-order valence-electron chi connectivity index (χ2n) is 20.7. The zero-order valence-electron chi connectivity index (χ0n) is 46.0. The van der Waals surface area contributed by atoms with E-state index in [2.05, 4.69) is 55.6 Å². The molecule has 69 heavy (non-hydrogen) atoms. The second-order valence-corrected chi connectivity index (χ2v) is 20.7. The number of ether oxygens (including phenoxy) is 1. The lowest BCUT2D eigenvalue weighted by Crippen LogP contribution is -2.45. The largest absolute Gasteiger partial charge is 0.466 e. The highest BCUT2D eigenvalue weighted by molar-refractivity contribution is 5.76. The first kappa shape index (κ1) is 66.8. The van der Waals surface area contributed by atoms with Gasteiger partial charge in [-0.05, 0) is 89.9 Å². The van der Waals surface area contributed by atoms with Crippen molar-refractivity contribution in [1.82, 2.24) is 5.32 Å². The zero-order valence-corrected chi connectivity index (χ0v) is 46.0. The molecule has 404 valence electrons. The van der Waals surface area contributed by atoms with Crippen molar-refractivity contribution in [2.24, 2.45) is 0 Å². The summed E-state index contributed by atoms with van der Waals surface area (Å²) in [5, 5.41) is 23.1. The van der Waals surface area contributed by atoms with Gasteiger partial charge in [-0.2, -0.15) is 0 Å². The van der Waals surface area contributed by atoms with Crippen LogP contribution in [0.5, 0.6) is 0 Å². The van der Waals surface area contributed by atoms with Crippen molar-refractivity contribution >= 4 is 11.9 Å². The molecule has 1 amide bonds. The SMILES string of the molecule is CCCCC/C=C\CCCCCCCC(=O)OCCCCCCCCCCC/C=C\C/C=C\CCCCCCCCCCCCCC(=O)NC(CO)C(O)/C=C/CCCCCCCCCCCCC. The van der Waals surface area contributed by atoms with Gasteiger partial charge in [-0.3, -0.25) is 9.59 Å². The summed E-state index contributed by atoms with van der Waals surface area (Å²) in [5.41, 5.74) is 0. The lowest BCUT2D eigenvalue weighted by molar-refractivity contribution is -0.143. The Kier molecular flexibility index (Phi) is 56.5. The van der Waals surface area contributed by atoms with E-state index >= 15 is 0 Å². The molecule has 3 N–H and O–H groups in total. The molecule has 0 aromatic rings. The number of nitrogens with one attached hydrogen (secondary N) is 1. The van der Waals surface area contributed by atoms with Crippen molar-refractivity contribution in [3.63, 3.8) is 0 Å². The molecule has 0 saturated carbocycles. The van der Waals surface area contributed by atoms with Crippen LogP contribution in [0.25, 0.3) is 0 Å². The Morgan fingerprint density at radius 3 is 1.14 bits per heavy atom. The first-order valence-electron chi connectivity index (χ1n) is 30.4. The van der Waals surface area contributed by atoms with Gasteiger partial charge < -0.3 is 20.3 Å². The minimum atomic E-state index is -0.846. The van der Waals surface area contributed by atoms with Gasteiger partial charge in [0, 0.05) is 12.8 Å². The number of aliphatic hydroxyl groups is 2. The average Bonchev–Trinajstić information content (AvgIpc) is 3.35. The number of esters is 1. The lowest BCUT2D eigenvalue weighted by Gasteiger charge is -2.20. The van der Waals surface area contributed by atoms with Gasteiger partial charge in [-0.15, -0.1) is 0 Å². The number of carbonyl (C=O) groups excluding carboxylic acids is 2. The molecule has 0 aromatic heterocycles. The normalized spacial score (nSPS) is 12.9. The molecule has 0 aromatic carbocycles. The van der Waals surface area contributed by atoms with Crippen LogP contribution in [-0.4, -0.2) is 47.4 Å². The number of rotatable bonds is 56. The summed E-state index contributed by atoms with van der Waals surface area (Å²) in [6.45, 7) is 4.87. The summed E-state index contributed by atoms with van der Waals surface area (Å²) in [7, 11) is 0. The molecule has 0 bridgehead atoms. The number of aliphatic hydroxyl groups excluding tert-OH is 2. The Labute approximate surface area is 429 Å². The monoisotopic (exact) mass is 968 g/mol. The number of unbranched alkanes of at least 4 members (excludes halogenated alkanes) is 39. The van der Waals surface area contributed by atoms with Gasteiger partial charge in [-0.1, -0.05) is 262 Å². The zero-order chi connectivity index (χ0) is 50.0. The Hall–Kier alpha value is -2.18. The quantitative estimate of drug-likeness (QED) is 0.0321. The van der Waals surface area contributed by atoms with Crippen LogP contribution in [-0.2, 0) is 14.3 Å². The van der Waals surface area contributed by atoms with E-state index in [1.165, 1.54) is 238 Å². The highest BCUT2D eigenvalue weighted by Gasteiger charge is 2.18. The van der Waals surface area contributed by atoms with Crippen LogP contribution in [0.4, 0.5) is 0 Å². The van der Waals surface area contributed by atoms with Gasteiger partial charge in [0.25, 0.3) is 0 Å². The van der Waals surface area contributed by atoms with Crippen LogP contribution in [0.15, 0.2) is 48.6 Å². The van der Waals surface area contributed by atoms with Crippen molar-refractivity contribution in [2.45, 2.75) is 328 Å². The van der Waals surface area contributed by atoms with E-state index < -0.39 is 12.1 Å². The molecule has 0 aliphatic heterocycles. The van der Waals surface area contributed by atoms with Gasteiger partial charge in [0.05, 0.1) is 25.4 Å². The summed E-state index contributed by atoms with van der Waals surface area (Å²) >= 11 is 0. The first-order chi connectivity index (χ1) is 34.0. The molecule has 2 atom stereocenters. The van der Waals surface area contributed by atoms with E-state index in [0.717, 1.165) is 51.4 Å². The summed E-state index contributed by atoms with van der Waals surface area (Å²) in [5.74, 6) is -0.0719. The predicted molar refractivity (Wildman–Crippen MR) is 301 cm³/mol. The smallest absolute Gasteiger partial charge is 0.305 e. The maximum absolute atomic E-state index is 12.4. The van der Waals surface area contributed by atoms with Gasteiger partial charge in [0.1, 0.15) is 0 Å². The van der Waals surface area contributed by atoms with E-state index in [0.29, 0.717) is 19.4 Å². The Morgan fingerprint density at radius 2 is 0.725 bits per heavy atom. The molecular weight excluding hydrogens is 851 g/mol. The molecule has 0 spiro atoms. The lowest BCUT2D eigenvalue weighted by atomic mass is 10.0. The molecular formula is C63H117NO5. The van der Waals surface area contributed by atoms with E-state index in [1.807, 2.05) is 6.08 Å². The van der Waals surface area contributed by atoms with Crippen LogP contribution < -0.4 is 5.32 Å². The second kappa shape index (κ2) is 58.4. The van der Waals surface area contributed by atoms with Gasteiger partial charge >= 0.3 is 5.97 Å². The van der Waals surface area contributed by atoms with Gasteiger partial charge in [0.15, 0.2) is 0 Å². The summed E-state index contributed by atoms with van der Waals surface area (Å²) in [4.78, 5) is 24.4. The number of hydrogen-bond acceptors (Lipinski definition) is 5. The molecule has 0 heterocycles. The van der Waals surface area contributed by atoms with Gasteiger partial charge in [-0.25, -0.2) is 0 Å². The molecule has 2 unspecified atom stereocenters.